The van der Waals surface area contributed by atoms with Crippen molar-refractivity contribution in [3.8, 4) is 0 Å². The second-order valence-corrected chi connectivity index (χ2v) is 10.7. The summed E-state index contributed by atoms with van der Waals surface area (Å²) in [5, 5.41) is 3.81. The molecule has 3 saturated heterocycles. The van der Waals surface area contributed by atoms with Crippen LogP contribution in [-0.2, 0) is 9.47 Å². The number of hydrogen-bond acceptors (Lipinski definition) is 5. The van der Waals surface area contributed by atoms with E-state index in [1.54, 1.807) is 0 Å². The van der Waals surface area contributed by atoms with Crippen LogP contribution in [0.3, 0.4) is 0 Å². The number of hydrogen-bond donors (Lipinski definition) is 1. The molecule has 0 aromatic rings. The topological polar surface area (TPSA) is 49.3 Å². The molecule has 1 N–H and O–H groups in total. The Balaban J connectivity index is 0.00000272. The first-order valence-electron chi connectivity index (χ1n) is 12.3. The van der Waals surface area contributed by atoms with Gasteiger partial charge in [-0.1, -0.05) is 19.3 Å². The molecule has 1 saturated carbocycles. The first-order chi connectivity index (χ1) is 14.8. The smallest absolute Gasteiger partial charge is 0.193 e. The summed E-state index contributed by atoms with van der Waals surface area (Å²) in [6, 6.07) is 0. The molecule has 1 unspecified atom stereocenters. The largest absolute Gasteiger partial charge is 0.376 e. The third-order valence-electron chi connectivity index (χ3n) is 7.54. The van der Waals surface area contributed by atoms with Gasteiger partial charge in [0.1, 0.15) is 0 Å². The Morgan fingerprint density at radius 2 is 1.81 bits per heavy atom. The highest BCUT2D eigenvalue weighted by atomic mass is 127. The van der Waals surface area contributed by atoms with Gasteiger partial charge in [0, 0.05) is 63.4 Å². The molecule has 0 radical (unpaired) electrons. The van der Waals surface area contributed by atoms with Crippen molar-refractivity contribution in [1.82, 2.24) is 15.1 Å². The molecule has 180 valence electrons. The van der Waals surface area contributed by atoms with Crippen LogP contribution in [0.4, 0.5) is 0 Å². The van der Waals surface area contributed by atoms with Crippen LogP contribution >= 0.6 is 35.7 Å². The van der Waals surface area contributed by atoms with E-state index in [1.807, 2.05) is 7.05 Å². The third-order valence-corrected chi connectivity index (χ3v) is 8.48. The zero-order valence-corrected chi connectivity index (χ0v) is 22.5. The van der Waals surface area contributed by atoms with Gasteiger partial charge >= 0.3 is 0 Å². The van der Waals surface area contributed by atoms with Crippen LogP contribution in [0.1, 0.15) is 57.8 Å². The van der Waals surface area contributed by atoms with E-state index in [0.29, 0.717) is 17.7 Å². The van der Waals surface area contributed by atoms with Gasteiger partial charge in [-0.2, -0.15) is 11.8 Å². The summed E-state index contributed by atoms with van der Waals surface area (Å²) in [5.41, 5.74) is 0.331. The molecule has 6 nitrogen and oxygen atoms in total. The van der Waals surface area contributed by atoms with Crippen molar-refractivity contribution in [2.45, 2.75) is 75.5 Å². The van der Waals surface area contributed by atoms with E-state index in [-0.39, 0.29) is 24.0 Å². The minimum absolute atomic E-state index is 0. The second kappa shape index (κ2) is 13.2. The van der Waals surface area contributed by atoms with Crippen molar-refractivity contribution in [3.05, 3.63) is 0 Å². The molecule has 0 bridgehead atoms. The summed E-state index contributed by atoms with van der Waals surface area (Å²) < 4.78 is 11.9. The van der Waals surface area contributed by atoms with E-state index in [0.717, 1.165) is 58.1 Å². The summed E-state index contributed by atoms with van der Waals surface area (Å²) >= 11 is 2.11. The molecule has 31 heavy (non-hydrogen) atoms. The molecule has 0 spiro atoms. The van der Waals surface area contributed by atoms with Crippen molar-refractivity contribution >= 4 is 41.7 Å². The van der Waals surface area contributed by atoms with E-state index in [9.17, 15) is 0 Å². The number of ether oxygens (including phenoxy) is 2. The summed E-state index contributed by atoms with van der Waals surface area (Å²) in [5.74, 6) is 3.66. The van der Waals surface area contributed by atoms with Gasteiger partial charge in [0.25, 0.3) is 0 Å². The van der Waals surface area contributed by atoms with Crippen molar-refractivity contribution in [3.63, 3.8) is 0 Å². The van der Waals surface area contributed by atoms with Gasteiger partial charge in [0.05, 0.1) is 18.8 Å². The van der Waals surface area contributed by atoms with Crippen molar-refractivity contribution < 1.29 is 9.47 Å². The van der Waals surface area contributed by atoms with E-state index < -0.39 is 0 Å². The maximum atomic E-state index is 6.16. The molecule has 3 heterocycles. The van der Waals surface area contributed by atoms with Crippen molar-refractivity contribution in [2.24, 2.45) is 4.99 Å². The lowest BCUT2D eigenvalue weighted by Gasteiger charge is -2.48. The zero-order chi connectivity index (χ0) is 20.7. The number of halogens is 1. The van der Waals surface area contributed by atoms with Gasteiger partial charge in [-0.3, -0.25) is 9.89 Å². The van der Waals surface area contributed by atoms with Gasteiger partial charge in [0.2, 0.25) is 0 Å². The molecule has 4 rings (SSSR count). The van der Waals surface area contributed by atoms with Crippen molar-refractivity contribution in [2.75, 3.05) is 64.5 Å². The average Bonchev–Trinajstić information content (AvgIpc) is 3.34. The van der Waals surface area contributed by atoms with Crippen LogP contribution in [0.5, 0.6) is 0 Å². The molecule has 8 heteroatoms. The molecular weight excluding hydrogens is 523 g/mol. The highest BCUT2D eigenvalue weighted by Gasteiger charge is 2.39. The van der Waals surface area contributed by atoms with Gasteiger partial charge in [-0.05, 0) is 38.5 Å². The molecule has 4 fully saturated rings. The fourth-order valence-corrected chi connectivity index (χ4v) is 6.58. The second-order valence-electron chi connectivity index (χ2n) is 9.44. The maximum absolute atomic E-state index is 6.16. The molecule has 0 aromatic heterocycles. The minimum atomic E-state index is 0. The SMILES string of the molecule is CN=C(NCC1(N2CCSCC2)CCCCC1)N1CCC(OCC2CCCO2)CC1.I. The number of thioether (sulfide) groups is 1. The molecule has 1 aliphatic carbocycles. The number of likely N-dealkylation sites (tertiary alicyclic amines) is 1. The Kier molecular flexibility index (Phi) is 11.0. The van der Waals surface area contributed by atoms with Gasteiger partial charge in [-0.25, -0.2) is 0 Å². The Morgan fingerprint density at radius 3 is 2.45 bits per heavy atom. The molecular formula is C23H43IN4O2S. The fraction of sp³-hybridized carbons (Fsp3) is 0.957. The van der Waals surface area contributed by atoms with Crippen LogP contribution in [-0.4, -0.2) is 98.0 Å². The predicted octanol–water partition coefficient (Wildman–Crippen LogP) is 3.59. The fourth-order valence-electron chi connectivity index (χ4n) is 5.68. The number of nitrogens with zero attached hydrogens (tertiary/aromatic N) is 3. The normalized spacial score (nSPS) is 28.4. The van der Waals surface area contributed by atoms with Crippen LogP contribution in [0.25, 0.3) is 0 Å². The van der Waals surface area contributed by atoms with E-state index in [2.05, 4.69) is 31.9 Å². The Labute approximate surface area is 210 Å². The summed E-state index contributed by atoms with van der Waals surface area (Å²) in [6.07, 6.45) is 12.0. The van der Waals surface area contributed by atoms with Crippen LogP contribution in [0.15, 0.2) is 4.99 Å². The van der Waals surface area contributed by atoms with Crippen LogP contribution < -0.4 is 5.32 Å². The predicted molar refractivity (Wildman–Crippen MR) is 141 cm³/mol. The lowest BCUT2D eigenvalue weighted by Crippen LogP contribution is -2.60. The van der Waals surface area contributed by atoms with Gasteiger partial charge in [-0.15, -0.1) is 24.0 Å². The summed E-state index contributed by atoms with van der Waals surface area (Å²) in [4.78, 5) is 9.89. The number of guanidine groups is 1. The number of rotatable bonds is 6. The van der Waals surface area contributed by atoms with Crippen LogP contribution in [0.2, 0.25) is 0 Å². The molecule has 4 aliphatic rings. The summed E-state index contributed by atoms with van der Waals surface area (Å²) in [6.45, 7) is 7.28. The number of nitrogens with one attached hydrogen (secondary N) is 1. The van der Waals surface area contributed by atoms with E-state index >= 15 is 0 Å². The minimum Gasteiger partial charge on any atom is -0.376 e. The van der Waals surface area contributed by atoms with E-state index in [4.69, 9.17) is 9.47 Å². The molecule has 1 atom stereocenters. The number of aliphatic imine (C=N–C) groups is 1. The zero-order valence-electron chi connectivity index (χ0n) is 19.4. The number of piperidine rings is 1. The van der Waals surface area contributed by atoms with Crippen LogP contribution in [0, 0.1) is 0 Å². The first kappa shape index (κ1) is 25.8. The lowest BCUT2D eigenvalue weighted by molar-refractivity contribution is -0.0368. The Morgan fingerprint density at radius 1 is 1.06 bits per heavy atom. The average molecular weight is 567 g/mol. The lowest BCUT2D eigenvalue weighted by atomic mass is 9.80. The quantitative estimate of drug-likeness (QED) is 0.302. The maximum Gasteiger partial charge on any atom is 0.193 e. The molecule has 0 amide bonds. The first-order valence-corrected chi connectivity index (χ1v) is 13.5. The van der Waals surface area contributed by atoms with Crippen molar-refractivity contribution in [1.29, 1.82) is 0 Å². The van der Waals surface area contributed by atoms with E-state index in [1.165, 1.54) is 63.1 Å². The van der Waals surface area contributed by atoms with Gasteiger partial charge in [0.15, 0.2) is 5.96 Å². The monoisotopic (exact) mass is 566 g/mol. The standard InChI is InChI=1S/C23H42N4O2S.HI/c1-24-22(26-11-7-20(8-12-26)29-18-21-6-5-15-28-21)25-19-23(9-3-2-4-10-23)27-13-16-30-17-14-27;/h20-21H,2-19H2,1H3,(H,24,25);1H. The summed E-state index contributed by atoms with van der Waals surface area (Å²) in [7, 11) is 1.94. The highest BCUT2D eigenvalue weighted by molar-refractivity contribution is 14.0. The third kappa shape index (κ3) is 7.11. The molecule has 0 aromatic carbocycles. The molecule has 3 aliphatic heterocycles. The Bertz CT molecular complexity index is 542. The highest BCUT2D eigenvalue weighted by Crippen LogP contribution is 2.35. The van der Waals surface area contributed by atoms with Gasteiger partial charge < -0.3 is 19.7 Å². The Hall–Kier alpha value is 0.230.